The van der Waals surface area contributed by atoms with Crippen LogP contribution in [-0.2, 0) is 17.7 Å². The number of nitrogens with one attached hydrogen (secondary N) is 1. The van der Waals surface area contributed by atoms with E-state index in [1.807, 2.05) is 0 Å². The van der Waals surface area contributed by atoms with Crippen LogP contribution in [0.2, 0.25) is 0 Å². The Hall–Kier alpha value is -2.51. The smallest absolute Gasteiger partial charge is 0.409 e. The Labute approximate surface area is 158 Å². The molecular formula is C19H27N3O5. The van der Waals surface area contributed by atoms with Crippen molar-refractivity contribution in [3.63, 3.8) is 0 Å². The largest absolute Gasteiger partial charge is 0.496 e. The molecule has 2 aliphatic heterocycles. The maximum atomic E-state index is 13.0. The summed E-state index contributed by atoms with van der Waals surface area (Å²) in [7, 11) is 1.48. The third kappa shape index (κ3) is 4.09. The lowest BCUT2D eigenvalue weighted by Gasteiger charge is -2.32. The van der Waals surface area contributed by atoms with Crippen LogP contribution in [0.5, 0.6) is 5.75 Å². The van der Waals surface area contributed by atoms with Crippen molar-refractivity contribution in [3.8, 4) is 5.75 Å². The number of hydrogen-bond acceptors (Lipinski definition) is 5. The van der Waals surface area contributed by atoms with Gasteiger partial charge in [0.1, 0.15) is 11.3 Å². The van der Waals surface area contributed by atoms with Crippen molar-refractivity contribution < 1.29 is 19.1 Å². The molecular weight excluding hydrogens is 350 g/mol. The summed E-state index contributed by atoms with van der Waals surface area (Å²) in [5, 5.41) is 3.06. The van der Waals surface area contributed by atoms with E-state index in [9.17, 15) is 14.4 Å². The Morgan fingerprint density at radius 1 is 1.22 bits per heavy atom. The Kier molecular flexibility index (Phi) is 6.03. The van der Waals surface area contributed by atoms with Crippen LogP contribution in [0.3, 0.4) is 0 Å². The highest BCUT2D eigenvalue weighted by atomic mass is 16.6. The highest BCUT2D eigenvalue weighted by Gasteiger charge is 2.28. The fourth-order valence-electron chi connectivity index (χ4n) is 3.82. The average molecular weight is 377 g/mol. The number of amides is 2. The van der Waals surface area contributed by atoms with Gasteiger partial charge >= 0.3 is 6.09 Å². The first-order valence-corrected chi connectivity index (χ1v) is 9.58. The Bertz CT molecular complexity index is 765. The third-order valence-electron chi connectivity index (χ3n) is 5.23. The van der Waals surface area contributed by atoms with Gasteiger partial charge in [0.25, 0.3) is 11.5 Å². The molecule has 1 fully saturated rings. The van der Waals surface area contributed by atoms with Crippen LogP contribution < -0.4 is 15.6 Å². The van der Waals surface area contributed by atoms with Crippen molar-refractivity contribution in [3.05, 3.63) is 27.7 Å². The van der Waals surface area contributed by atoms with Gasteiger partial charge in [0, 0.05) is 37.4 Å². The quantitative estimate of drug-likeness (QED) is 0.860. The molecule has 8 nitrogen and oxygen atoms in total. The zero-order valence-corrected chi connectivity index (χ0v) is 16.0. The molecule has 1 aromatic rings. The van der Waals surface area contributed by atoms with E-state index in [-0.39, 0.29) is 23.6 Å². The SMILES string of the molecule is CCOC(=O)N1CCC(NC(=O)c2c(OC)cc(=O)n3c2CCCC3)CC1. The van der Waals surface area contributed by atoms with Crippen molar-refractivity contribution in [2.75, 3.05) is 26.8 Å². The molecule has 1 N–H and O–H groups in total. The number of piperidine rings is 1. The Balaban J connectivity index is 1.72. The van der Waals surface area contributed by atoms with Crippen LogP contribution >= 0.6 is 0 Å². The van der Waals surface area contributed by atoms with Crippen molar-refractivity contribution >= 4 is 12.0 Å². The number of methoxy groups -OCH3 is 1. The van der Waals surface area contributed by atoms with Crippen molar-refractivity contribution in [2.45, 2.75) is 51.6 Å². The number of rotatable bonds is 4. The van der Waals surface area contributed by atoms with Gasteiger partial charge in [-0.2, -0.15) is 0 Å². The summed E-state index contributed by atoms with van der Waals surface area (Å²) in [6, 6.07) is 1.37. The van der Waals surface area contributed by atoms with E-state index in [1.54, 1.807) is 16.4 Å². The van der Waals surface area contributed by atoms with Gasteiger partial charge in [0.2, 0.25) is 0 Å². The lowest BCUT2D eigenvalue weighted by Crippen LogP contribution is -2.47. The lowest BCUT2D eigenvalue weighted by atomic mass is 10.00. The second-order valence-corrected chi connectivity index (χ2v) is 6.92. The van der Waals surface area contributed by atoms with Crippen LogP contribution in [0.1, 0.15) is 48.7 Å². The number of hydrogen-bond donors (Lipinski definition) is 1. The van der Waals surface area contributed by atoms with Gasteiger partial charge in [-0.3, -0.25) is 9.59 Å². The van der Waals surface area contributed by atoms with E-state index in [4.69, 9.17) is 9.47 Å². The molecule has 0 spiro atoms. The molecule has 3 rings (SSSR count). The molecule has 0 aliphatic carbocycles. The van der Waals surface area contributed by atoms with E-state index >= 15 is 0 Å². The maximum Gasteiger partial charge on any atom is 0.409 e. The zero-order valence-electron chi connectivity index (χ0n) is 16.0. The van der Waals surface area contributed by atoms with Crippen LogP contribution in [0, 0.1) is 0 Å². The van der Waals surface area contributed by atoms with Gasteiger partial charge in [0.05, 0.1) is 13.7 Å². The fourth-order valence-corrected chi connectivity index (χ4v) is 3.82. The topological polar surface area (TPSA) is 89.9 Å². The summed E-state index contributed by atoms with van der Waals surface area (Å²) in [5.41, 5.74) is 1.09. The molecule has 3 heterocycles. The number of aromatic nitrogens is 1. The summed E-state index contributed by atoms with van der Waals surface area (Å²) in [6.45, 7) is 3.87. The second-order valence-electron chi connectivity index (χ2n) is 6.92. The van der Waals surface area contributed by atoms with Gasteiger partial charge in [0.15, 0.2) is 0 Å². The molecule has 1 aromatic heterocycles. The normalized spacial score (nSPS) is 17.2. The number of carbonyl (C=O) groups is 2. The third-order valence-corrected chi connectivity index (χ3v) is 5.23. The number of likely N-dealkylation sites (tertiary alicyclic amines) is 1. The molecule has 0 unspecified atom stereocenters. The van der Waals surface area contributed by atoms with Gasteiger partial charge in [-0.1, -0.05) is 0 Å². The Morgan fingerprint density at radius 2 is 1.96 bits per heavy atom. The standard InChI is InChI=1S/C19H27N3O5/c1-3-27-19(25)21-10-7-13(8-11-21)20-18(24)17-14-6-4-5-9-22(14)16(23)12-15(17)26-2/h12-13H,3-11H2,1-2H3,(H,20,24). The van der Waals surface area contributed by atoms with Crippen LogP contribution in [0.15, 0.2) is 10.9 Å². The molecule has 0 saturated carbocycles. The number of fused-ring (bicyclic) bond motifs is 1. The number of nitrogens with zero attached hydrogens (tertiary/aromatic N) is 2. The van der Waals surface area contributed by atoms with Crippen molar-refractivity contribution in [1.29, 1.82) is 0 Å². The van der Waals surface area contributed by atoms with Gasteiger partial charge in [-0.15, -0.1) is 0 Å². The molecule has 0 aromatic carbocycles. The molecule has 0 bridgehead atoms. The number of pyridine rings is 1. The number of carbonyl (C=O) groups excluding carboxylic acids is 2. The number of ether oxygens (including phenoxy) is 2. The fraction of sp³-hybridized carbons (Fsp3) is 0.632. The van der Waals surface area contributed by atoms with Gasteiger partial charge in [-0.05, 0) is 39.0 Å². The molecule has 2 aliphatic rings. The van der Waals surface area contributed by atoms with E-state index < -0.39 is 0 Å². The summed E-state index contributed by atoms with van der Waals surface area (Å²) in [6.07, 6.45) is 3.61. The Morgan fingerprint density at radius 3 is 2.63 bits per heavy atom. The lowest BCUT2D eigenvalue weighted by molar-refractivity contribution is 0.0856. The van der Waals surface area contributed by atoms with Crippen LogP contribution in [0.4, 0.5) is 4.79 Å². The highest BCUT2D eigenvalue weighted by Crippen LogP contribution is 2.25. The highest BCUT2D eigenvalue weighted by molar-refractivity contribution is 5.98. The van der Waals surface area contributed by atoms with Crippen molar-refractivity contribution in [2.24, 2.45) is 0 Å². The molecule has 2 amide bonds. The predicted molar refractivity (Wildman–Crippen MR) is 99.3 cm³/mol. The monoisotopic (exact) mass is 377 g/mol. The second kappa shape index (κ2) is 8.45. The molecule has 1 saturated heterocycles. The molecule has 0 atom stereocenters. The minimum absolute atomic E-state index is 0.0240. The van der Waals surface area contributed by atoms with E-state index in [1.165, 1.54) is 13.2 Å². The van der Waals surface area contributed by atoms with Crippen molar-refractivity contribution in [1.82, 2.24) is 14.8 Å². The predicted octanol–water partition coefficient (Wildman–Crippen LogP) is 1.54. The minimum atomic E-state index is -0.305. The van der Waals surface area contributed by atoms with Crippen LogP contribution in [-0.4, -0.2) is 54.3 Å². The van der Waals surface area contributed by atoms with Gasteiger partial charge in [-0.25, -0.2) is 4.79 Å². The molecule has 27 heavy (non-hydrogen) atoms. The molecule has 0 radical (unpaired) electrons. The van der Waals surface area contributed by atoms with Gasteiger partial charge < -0.3 is 24.3 Å². The molecule has 8 heteroatoms. The average Bonchev–Trinajstić information content (AvgIpc) is 2.68. The maximum absolute atomic E-state index is 13.0. The first kappa shape index (κ1) is 19.3. The summed E-state index contributed by atoms with van der Waals surface area (Å²) in [5.74, 6) is 0.113. The summed E-state index contributed by atoms with van der Waals surface area (Å²) < 4.78 is 12.0. The van der Waals surface area contributed by atoms with E-state index in [2.05, 4.69) is 5.32 Å². The minimum Gasteiger partial charge on any atom is -0.496 e. The first-order chi connectivity index (χ1) is 13.0. The molecule has 148 valence electrons. The zero-order chi connectivity index (χ0) is 19.4. The van der Waals surface area contributed by atoms with E-state index in [0.29, 0.717) is 56.8 Å². The first-order valence-electron chi connectivity index (χ1n) is 9.58. The summed E-state index contributed by atoms with van der Waals surface area (Å²) in [4.78, 5) is 38.7. The summed E-state index contributed by atoms with van der Waals surface area (Å²) >= 11 is 0. The van der Waals surface area contributed by atoms with E-state index in [0.717, 1.165) is 18.5 Å². The van der Waals surface area contributed by atoms with Crippen LogP contribution in [0.25, 0.3) is 0 Å².